The van der Waals surface area contributed by atoms with Gasteiger partial charge in [0.1, 0.15) is 0 Å². The van der Waals surface area contributed by atoms with E-state index >= 15 is 0 Å². The van der Waals surface area contributed by atoms with Crippen LogP contribution in [0.1, 0.15) is 20.3 Å². The highest BCUT2D eigenvalue weighted by atomic mass is 16.5. The fraction of sp³-hybridized carbons (Fsp3) is 0.667. The number of hydrogen-bond donors (Lipinski definition) is 0. The number of piperazine rings is 1. The lowest BCUT2D eigenvalue weighted by Gasteiger charge is -2.35. The van der Waals surface area contributed by atoms with Gasteiger partial charge in [0.2, 0.25) is 11.8 Å². The van der Waals surface area contributed by atoms with Gasteiger partial charge >= 0.3 is 0 Å². The number of aromatic nitrogens is 2. The zero-order valence-corrected chi connectivity index (χ0v) is 12.7. The monoisotopic (exact) mass is 290 g/mol. The Bertz CT molecular complexity index is 514. The number of ether oxygens (including phenoxy) is 1. The first-order valence-corrected chi connectivity index (χ1v) is 7.67. The molecule has 114 valence electrons. The van der Waals surface area contributed by atoms with Crippen molar-refractivity contribution in [1.29, 1.82) is 0 Å². The number of carbonyl (C=O) groups is 1. The van der Waals surface area contributed by atoms with Crippen molar-refractivity contribution in [3.05, 3.63) is 12.4 Å². The first-order chi connectivity index (χ1) is 10.2. The van der Waals surface area contributed by atoms with Crippen molar-refractivity contribution in [2.24, 2.45) is 11.8 Å². The molecule has 0 N–H and O–H groups in total. The normalized spacial score (nSPS) is 24.9. The highest BCUT2D eigenvalue weighted by Crippen LogP contribution is 2.39. The van der Waals surface area contributed by atoms with Crippen molar-refractivity contribution in [3.63, 3.8) is 0 Å². The second-order valence-corrected chi connectivity index (χ2v) is 5.78. The van der Waals surface area contributed by atoms with E-state index in [0.29, 0.717) is 24.3 Å². The highest BCUT2D eigenvalue weighted by Gasteiger charge is 2.42. The second kappa shape index (κ2) is 5.87. The van der Waals surface area contributed by atoms with Crippen molar-refractivity contribution in [1.82, 2.24) is 14.9 Å². The SMILES string of the molecule is CCOc1cncc(N2CCN(C(=O)[C@H]3C[C@@H]3C)CC2)n1. The Morgan fingerprint density at radius 3 is 2.67 bits per heavy atom. The average Bonchev–Trinajstić information content (AvgIpc) is 3.24. The Morgan fingerprint density at radius 1 is 1.33 bits per heavy atom. The number of anilines is 1. The lowest BCUT2D eigenvalue weighted by molar-refractivity contribution is -0.133. The molecule has 3 rings (SSSR count). The Hall–Kier alpha value is -1.85. The molecule has 0 radical (unpaired) electrons. The first kappa shape index (κ1) is 14.1. The van der Waals surface area contributed by atoms with Gasteiger partial charge in [0.25, 0.3) is 0 Å². The van der Waals surface area contributed by atoms with Crippen molar-refractivity contribution in [2.75, 3.05) is 37.7 Å². The summed E-state index contributed by atoms with van der Waals surface area (Å²) in [4.78, 5) is 25.0. The summed E-state index contributed by atoms with van der Waals surface area (Å²) in [5.74, 6) is 2.56. The molecule has 1 saturated heterocycles. The lowest BCUT2D eigenvalue weighted by atomic mass is 10.2. The van der Waals surface area contributed by atoms with Crippen molar-refractivity contribution in [2.45, 2.75) is 20.3 Å². The molecule has 1 aromatic heterocycles. The summed E-state index contributed by atoms with van der Waals surface area (Å²) in [7, 11) is 0. The molecule has 1 amide bonds. The van der Waals surface area contributed by atoms with Crippen LogP contribution >= 0.6 is 0 Å². The summed E-state index contributed by atoms with van der Waals surface area (Å²) in [6.45, 7) is 7.80. The molecule has 6 nitrogen and oxygen atoms in total. The molecule has 1 aliphatic heterocycles. The molecule has 21 heavy (non-hydrogen) atoms. The third-order valence-corrected chi connectivity index (χ3v) is 4.23. The fourth-order valence-corrected chi connectivity index (χ4v) is 2.76. The molecule has 0 aromatic carbocycles. The molecule has 6 heteroatoms. The first-order valence-electron chi connectivity index (χ1n) is 7.67. The molecule has 2 fully saturated rings. The van der Waals surface area contributed by atoms with Gasteiger partial charge in [0.15, 0.2) is 5.82 Å². The maximum absolute atomic E-state index is 12.2. The van der Waals surface area contributed by atoms with E-state index in [1.807, 2.05) is 11.8 Å². The summed E-state index contributed by atoms with van der Waals surface area (Å²) in [5.41, 5.74) is 0. The number of nitrogens with zero attached hydrogens (tertiary/aromatic N) is 4. The molecule has 0 bridgehead atoms. The predicted molar refractivity (Wildman–Crippen MR) is 79.3 cm³/mol. The minimum absolute atomic E-state index is 0.276. The van der Waals surface area contributed by atoms with Crippen LogP contribution in [-0.2, 0) is 4.79 Å². The maximum Gasteiger partial charge on any atom is 0.234 e. The van der Waals surface area contributed by atoms with E-state index in [2.05, 4.69) is 21.8 Å². The Balaban J connectivity index is 1.58. The van der Waals surface area contributed by atoms with E-state index in [9.17, 15) is 4.79 Å². The molecule has 2 aliphatic rings. The van der Waals surface area contributed by atoms with Gasteiger partial charge in [-0.25, -0.2) is 0 Å². The predicted octanol–water partition coefficient (Wildman–Crippen LogP) is 1.18. The molecule has 1 aliphatic carbocycles. The minimum atomic E-state index is 0.276. The Morgan fingerprint density at radius 2 is 2.05 bits per heavy atom. The number of hydrogen-bond acceptors (Lipinski definition) is 5. The van der Waals surface area contributed by atoms with E-state index in [4.69, 9.17) is 4.74 Å². The molecule has 2 heterocycles. The van der Waals surface area contributed by atoms with Gasteiger partial charge in [-0.05, 0) is 19.3 Å². The summed E-state index contributed by atoms with van der Waals surface area (Å²) in [5, 5.41) is 0. The maximum atomic E-state index is 12.2. The molecule has 1 saturated carbocycles. The van der Waals surface area contributed by atoms with Gasteiger partial charge in [0, 0.05) is 32.1 Å². The van der Waals surface area contributed by atoms with Gasteiger partial charge in [-0.1, -0.05) is 6.92 Å². The molecular weight excluding hydrogens is 268 g/mol. The largest absolute Gasteiger partial charge is 0.477 e. The highest BCUT2D eigenvalue weighted by molar-refractivity contribution is 5.81. The van der Waals surface area contributed by atoms with Crippen molar-refractivity contribution >= 4 is 11.7 Å². The van der Waals surface area contributed by atoms with E-state index < -0.39 is 0 Å². The number of rotatable bonds is 4. The molecule has 1 aromatic rings. The fourth-order valence-electron chi connectivity index (χ4n) is 2.76. The molecular formula is C15H22N4O2. The van der Waals surface area contributed by atoms with Gasteiger partial charge in [-0.3, -0.25) is 9.78 Å². The summed E-state index contributed by atoms with van der Waals surface area (Å²) < 4.78 is 5.38. The van der Waals surface area contributed by atoms with Crippen LogP contribution in [0.3, 0.4) is 0 Å². The van der Waals surface area contributed by atoms with Gasteiger partial charge in [0.05, 0.1) is 19.0 Å². The van der Waals surface area contributed by atoms with E-state index in [-0.39, 0.29) is 5.92 Å². The van der Waals surface area contributed by atoms with Crippen LogP contribution in [-0.4, -0.2) is 53.6 Å². The van der Waals surface area contributed by atoms with Crippen LogP contribution in [0, 0.1) is 11.8 Å². The third-order valence-electron chi connectivity index (χ3n) is 4.23. The van der Waals surface area contributed by atoms with Crippen LogP contribution in [0.15, 0.2) is 12.4 Å². The van der Waals surface area contributed by atoms with Crippen LogP contribution < -0.4 is 9.64 Å². The topological polar surface area (TPSA) is 58.6 Å². The minimum Gasteiger partial charge on any atom is -0.477 e. The van der Waals surface area contributed by atoms with Crippen molar-refractivity contribution < 1.29 is 9.53 Å². The Labute approximate surface area is 125 Å². The summed E-state index contributed by atoms with van der Waals surface area (Å²) in [6.07, 6.45) is 4.44. The molecule has 0 unspecified atom stereocenters. The van der Waals surface area contributed by atoms with Crippen LogP contribution in [0.5, 0.6) is 5.88 Å². The van der Waals surface area contributed by atoms with Crippen LogP contribution in [0.2, 0.25) is 0 Å². The smallest absolute Gasteiger partial charge is 0.234 e. The Kier molecular flexibility index (Phi) is 3.94. The summed E-state index contributed by atoms with van der Waals surface area (Å²) >= 11 is 0. The van der Waals surface area contributed by atoms with Gasteiger partial charge in [-0.2, -0.15) is 4.98 Å². The standard InChI is InChI=1S/C15H22N4O2/c1-3-21-14-10-16-9-13(17-14)18-4-6-19(7-5-18)15(20)12-8-11(12)2/h9-12H,3-8H2,1-2H3/t11-,12-/m0/s1. The zero-order chi connectivity index (χ0) is 14.8. The van der Waals surface area contributed by atoms with E-state index in [1.54, 1.807) is 12.4 Å². The van der Waals surface area contributed by atoms with E-state index in [0.717, 1.165) is 38.4 Å². The number of carbonyl (C=O) groups excluding carboxylic acids is 1. The second-order valence-electron chi connectivity index (χ2n) is 5.78. The van der Waals surface area contributed by atoms with Gasteiger partial charge < -0.3 is 14.5 Å². The molecule has 2 atom stereocenters. The van der Waals surface area contributed by atoms with Crippen LogP contribution in [0.4, 0.5) is 5.82 Å². The van der Waals surface area contributed by atoms with Gasteiger partial charge in [-0.15, -0.1) is 0 Å². The average molecular weight is 290 g/mol. The van der Waals surface area contributed by atoms with Crippen molar-refractivity contribution in [3.8, 4) is 5.88 Å². The van der Waals surface area contributed by atoms with Crippen LogP contribution in [0.25, 0.3) is 0 Å². The quantitative estimate of drug-likeness (QED) is 0.833. The zero-order valence-electron chi connectivity index (χ0n) is 12.7. The summed E-state index contributed by atoms with van der Waals surface area (Å²) in [6, 6.07) is 0. The van der Waals surface area contributed by atoms with E-state index in [1.165, 1.54) is 0 Å². The molecule has 0 spiro atoms. The lowest BCUT2D eigenvalue weighted by Crippen LogP contribution is -2.49. The number of amides is 1. The third kappa shape index (κ3) is 3.09.